The van der Waals surface area contributed by atoms with Gasteiger partial charge in [0.25, 0.3) is 6.43 Å². The Morgan fingerprint density at radius 2 is 1.68 bits per heavy atom. The van der Waals surface area contributed by atoms with Crippen LogP contribution in [0.3, 0.4) is 0 Å². The largest absolute Gasteiger partial charge is 0.404 e. The topological polar surface area (TPSA) is 200 Å². The fourth-order valence-electron chi connectivity index (χ4n) is 10.7. The lowest BCUT2D eigenvalue weighted by Gasteiger charge is -2.42. The average Bonchev–Trinajstić information content (AvgIpc) is 3.57. The molecule has 3 aromatic rings. The van der Waals surface area contributed by atoms with E-state index >= 15 is 0 Å². The summed E-state index contributed by atoms with van der Waals surface area (Å²) in [5.41, 5.74) is 19.3. The molecule has 19 heteroatoms. The van der Waals surface area contributed by atoms with Crippen LogP contribution in [0.25, 0.3) is 16.6 Å². The minimum absolute atomic E-state index is 0.0476. The number of nitrogens with one attached hydrogen (secondary N) is 2. The molecule has 3 saturated heterocycles. The third kappa shape index (κ3) is 10.4. The molecule has 68 heavy (non-hydrogen) atoms. The minimum atomic E-state index is -2.74. The van der Waals surface area contributed by atoms with Gasteiger partial charge in [0.05, 0.1) is 11.0 Å². The summed E-state index contributed by atoms with van der Waals surface area (Å²) in [5, 5.41) is 6.13. The lowest BCUT2D eigenvalue weighted by atomic mass is 9.91. The molecule has 1 aromatic heterocycles. The van der Waals surface area contributed by atoms with Gasteiger partial charge in [-0.3, -0.25) is 43.5 Å². The van der Waals surface area contributed by atoms with Crippen molar-refractivity contribution in [3.63, 3.8) is 0 Å². The maximum absolute atomic E-state index is 14.6. The number of allylic oxidation sites excluding steroid dienone is 1. The maximum Gasteiger partial charge on any atom is 0.329 e. The Morgan fingerprint density at radius 1 is 0.926 bits per heavy atom. The second-order valence-electron chi connectivity index (χ2n) is 18.8. The van der Waals surface area contributed by atoms with E-state index < -0.39 is 24.5 Å². The highest BCUT2D eigenvalue weighted by Crippen LogP contribution is 2.38. The number of imide groups is 1. The van der Waals surface area contributed by atoms with Crippen LogP contribution < -0.4 is 32.7 Å². The highest BCUT2D eigenvalue weighted by Gasteiger charge is 2.35. The molecule has 0 saturated carbocycles. The Balaban J connectivity index is 0.820. The Kier molecular flexibility index (Phi) is 15.1. The molecule has 6 N–H and O–H groups in total. The number of carbonyl (C=O) groups is 4. The molecule has 6 heterocycles. The lowest BCUT2D eigenvalue weighted by molar-refractivity contribution is -0.136. The number of halogens is 2. The highest BCUT2D eigenvalue weighted by molar-refractivity contribution is 6.10. The Labute approximate surface area is 395 Å². The van der Waals surface area contributed by atoms with Crippen LogP contribution in [-0.2, 0) is 39.2 Å². The molecule has 0 spiro atoms. The van der Waals surface area contributed by atoms with Crippen molar-refractivity contribution in [2.45, 2.75) is 95.9 Å². The summed E-state index contributed by atoms with van der Waals surface area (Å²) < 4.78 is 32.2. The second-order valence-corrected chi connectivity index (χ2v) is 18.8. The number of hydrogen-bond acceptors (Lipinski definition) is 12. The number of likely N-dealkylation sites (tertiary alicyclic amines) is 1. The van der Waals surface area contributed by atoms with E-state index in [1.54, 1.807) is 42.6 Å². The molecule has 0 radical (unpaired) electrons. The van der Waals surface area contributed by atoms with Crippen molar-refractivity contribution >= 4 is 52.1 Å². The van der Waals surface area contributed by atoms with Gasteiger partial charge in [-0.05, 0) is 86.0 Å². The minimum Gasteiger partial charge on any atom is -0.404 e. The smallest absolute Gasteiger partial charge is 0.329 e. The van der Waals surface area contributed by atoms with Crippen molar-refractivity contribution in [2.24, 2.45) is 23.5 Å². The zero-order valence-corrected chi connectivity index (χ0v) is 39.5. The molecule has 0 bridgehead atoms. The second kappa shape index (κ2) is 21.2. The molecule has 17 nitrogen and oxygen atoms in total. The molecule has 3 fully saturated rings. The van der Waals surface area contributed by atoms with Crippen molar-refractivity contribution in [2.75, 3.05) is 77.4 Å². The average molecular weight is 941 g/mol. The van der Waals surface area contributed by atoms with E-state index in [0.29, 0.717) is 80.7 Å². The molecular weight excluding hydrogens is 875 g/mol. The van der Waals surface area contributed by atoms with Crippen LogP contribution in [0.4, 0.5) is 14.5 Å². The normalized spacial score (nSPS) is 21.0. The van der Waals surface area contributed by atoms with E-state index in [1.807, 2.05) is 28.0 Å². The molecule has 366 valence electrons. The number of imidazole rings is 1. The molecule has 5 aliphatic heterocycles. The molecule has 2 aromatic carbocycles. The number of alkyl halides is 2. The van der Waals surface area contributed by atoms with Crippen LogP contribution in [-0.4, -0.2) is 143 Å². The summed E-state index contributed by atoms with van der Waals surface area (Å²) in [4.78, 5) is 78.2. The molecule has 4 amide bonds. The number of hydrogen-bond donors (Lipinski definition) is 4. The summed E-state index contributed by atoms with van der Waals surface area (Å²) in [6, 6.07) is 8.66. The third-order valence-corrected chi connectivity index (χ3v) is 14.6. The number of rotatable bonds is 14. The number of nitrogens with two attached hydrogens (primary N) is 2. The number of fused-ring (bicyclic) bond motifs is 2. The lowest BCUT2D eigenvalue weighted by Crippen LogP contribution is -2.53. The number of piperazine rings is 1. The maximum atomic E-state index is 14.6. The number of piperidine rings is 2. The number of benzene rings is 2. The summed E-state index contributed by atoms with van der Waals surface area (Å²) in [7, 11) is 3.28. The molecular formula is C49H66F2N12O5. The summed E-state index contributed by atoms with van der Waals surface area (Å²) in [5.74, 6) is -0.640. The third-order valence-electron chi connectivity index (χ3n) is 14.6. The van der Waals surface area contributed by atoms with Gasteiger partial charge in [-0.1, -0.05) is 6.07 Å². The number of aromatic nitrogens is 2. The van der Waals surface area contributed by atoms with E-state index in [9.17, 15) is 32.8 Å². The van der Waals surface area contributed by atoms with E-state index in [2.05, 4.69) is 25.4 Å². The van der Waals surface area contributed by atoms with Crippen molar-refractivity contribution in [1.29, 1.82) is 0 Å². The number of nitrogens with zero attached hydrogens (tertiary/aromatic N) is 8. The summed E-state index contributed by atoms with van der Waals surface area (Å²) in [6.07, 6.45) is 4.79. The summed E-state index contributed by atoms with van der Waals surface area (Å²) in [6.45, 7) is 9.44. The molecule has 0 aliphatic carbocycles. The monoisotopic (exact) mass is 941 g/mol. The molecule has 2 atom stereocenters. The first-order chi connectivity index (χ1) is 32.7. The molecule has 2 unspecified atom stereocenters. The first-order valence-electron chi connectivity index (χ1n) is 24.1. The van der Waals surface area contributed by atoms with Crippen molar-refractivity contribution in [3.05, 3.63) is 80.5 Å². The van der Waals surface area contributed by atoms with Crippen LogP contribution in [0.1, 0.15) is 93.0 Å². The Morgan fingerprint density at radius 3 is 2.37 bits per heavy atom. The fourth-order valence-corrected chi connectivity index (χ4v) is 10.7. The van der Waals surface area contributed by atoms with Crippen LogP contribution >= 0.6 is 0 Å². The first-order valence-corrected chi connectivity index (χ1v) is 24.1. The van der Waals surface area contributed by atoms with Crippen molar-refractivity contribution in [3.8, 4) is 0 Å². The van der Waals surface area contributed by atoms with Crippen LogP contribution in [0, 0.1) is 0 Å². The summed E-state index contributed by atoms with van der Waals surface area (Å²) >= 11 is 0. The quantitative estimate of drug-likeness (QED) is 0.137. The predicted octanol–water partition coefficient (Wildman–Crippen LogP) is 2.98. The van der Waals surface area contributed by atoms with Gasteiger partial charge in [0.15, 0.2) is 0 Å². The van der Waals surface area contributed by atoms with Gasteiger partial charge in [-0.2, -0.15) is 0 Å². The highest BCUT2D eigenvalue weighted by atomic mass is 19.3. The number of anilines is 1. The van der Waals surface area contributed by atoms with E-state index in [1.165, 1.54) is 17.0 Å². The zero-order valence-electron chi connectivity index (χ0n) is 39.5. The van der Waals surface area contributed by atoms with Gasteiger partial charge in [-0.15, -0.1) is 0 Å². The number of aliphatic imine (C=N–C) groups is 1. The Hall–Kier alpha value is -5.92. The van der Waals surface area contributed by atoms with Crippen LogP contribution in [0.2, 0.25) is 0 Å². The fraction of sp³-hybridized carbons (Fsp3) is 0.551. The van der Waals surface area contributed by atoms with Gasteiger partial charge in [0.2, 0.25) is 23.6 Å². The van der Waals surface area contributed by atoms with Crippen molar-refractivity contribution in [1.82, 2.24) is 39.4 Å². The van der Waals surface area contributed by atoms with Crippen LogP contribution in [0.15, 0.2) is 57.6 Å². The zero-order chi connectivity index (χ0) is 48.2. The van der Waals surface area contributed by atoms with E-state index in [-0.39, 0.29) is 41.4 Å². The van der Waals surface area contributed by atoms with Crippen LogP contribution in [0.5, 0.6) is 0 Å². The molecule has 5 aliphatic rings. The van der Waals surface area contributed by atoms with Gasteiger partial charge >= 0.3 is 5.69 Å². The van der Waals surface area contributed by atoms with Crippen molar-refractivity contribution < 1.29 is 28.0 Å². The van der Waals surface area contributed by atoms with Gasteiger partial charge in [0, 0.05) is 152 Å². The van der Waals surface area contributed by atoms with Gasteiger partial charge < -0.3 is 36.4 Å². The van der Waals surface area contributed by atoms with E-state index in [4.69, 9.17) is 11.5 Å². The van der Waals surface area contributed by atoms with Gasteiger partial charge in [-0.25, -0.2) is 13.6 Å². The number of aryl methyl sites for hydroxylation is 2. The number of amides is 4. The molecule has 8 rings (SSSR count). The Bertz CT molecular complexity index is 2550. The predicted molar refractivity (Wildman–Crippen MR) is 258 cm³/mol. The first kappa shape index (κ1) is 48.5. The standard InChI is InChI=1S/C49H66F2N12O5/c1-31(64)61-19-14-39(38(30-61)47(53)62-16-4-6-33-25-36(34(27-52)28-54-2)37(46(50)51)26-42(33)62)55-35-12-17-60(18-13-35)45(66)7-5-15-58-20-22-59(23-21-58)29-32-8-9-40-43(24-32)57(3)49(68)63(40)41-10-11-44(65)56-48(41)67/h8-9,24-28,35,41,46-47,55H,4-7,10-23,29-30,52-53H2,1-3H3,(H,56,65,67). The van der Waals surface area contributed by atoms with Gasteiger partial charge in [0.1, 0.15) is 12.2 Å². The SMILES string of the molecule is CN=CC(=CN)c1cc2c(cc1C(F)F)N(C(N)C1=C(NC3CCN(C(=O)CCCN4CCN(Cc5ccc6c(c5)n(C)c(=O)n6C5CCC(=O)NC5=O)CC4)CC3)CCN(C(C)=O)C1)CCC2. The number of carbonyl (C=O) groups excluding carboxylic acids is 4. The van der Waals surface area contributed by atoms with E-state index in [0.717, 1.165) is 92.9 Å².